The van der Waals surface area contributed by atoms with E-state index < -0.39 is 0 Å². The number of methoxy groups -OCH3 is 1. The third kappa shape index (κ3) is 4.06. The lowest BCUT2D eigenvalue weighted by Gasteiger charge is -2.37. The molecule has 0 radical (unpaired) electrons. The Morgan fingerprint density at radius 2 is 2.05 bits per heavy atom. The zero-order chi connectivity index (χ0) is 15.2. The van der Waals surface area contributed by atoms with Crippen LogP contribution in [0.1, 0.15) is 6.42 Å². The van der Waals surface area contributed by atoms with Gasteiger partial charge in [0.15, 0.2) is 11.6 Å². The minimum absolute atomic E-state index is 0.300. The van der Waals surface area contributed by atoms with Crippen LogP contribution in [0.4, 0.5) is 10.1 Å². The van der Waals surface area contributed by atoms with Crippen molar-refractivity contribution in [2.75, 3.05) is 51.3 Å². The molecule has 1 aromatic rings. The van der Waals surface area contributed by atoms with Crippen molar-refractivity contribution in [1.29, 1.82) is 0 Å². The normalized spacial score (nSPS) is 17.8. The van der Waals surface area contributed by atoms with E-state index in [0.717, 1.165) is 31.9 Å². The Morgan fingerprint density at radius 3 is 2.67 bits per heavy atom. The molecule has 1 fully saturated rings. The zero-order valence-electron chi connectivity index (χ0n) is 12.5. The minimum Gasteiger partial charge on any atom is -0.492 e. The van der Waals surface area contributed by atoms with Gasteiger partial charge in [0.05, 0.1) is 18.9 Å². The van der Waals surface area contributed by atoms with Crippen LogP contribution in [0.15, 0.2) is 18.2 Å². The number of aliphatic hydroxyl groups excluding tert-OH is 1. The van der Waals surface area contributed by atoms with Gasteiger partial charge in [0.25, 0.3) is 0 Å². The number of hydrogen-bond donors (Lipinski definition) is 2. The van der Waals surface area contributed by atoms with Crippen LogP contribution >= 0.6 is 0 Å². The maximum Gasteiger partial charge on any atom is 0.177 e. The number of benzene rings is 1. The van der Waals surface area contributed by atoms with E-state index >= 15 is 0 Å². The Labute approximate surface area is 125 Å². The predicted octanol–water partition coefficient (Wildman–Crippen LogP) is 0.666. The molecule has 118 valence electrons. The van der Waals surface area contributed by atoms with Crippen molar-refractivity contribution in [3.8, 4) is 5.75 Å². The summed E-state index contributed by atoms with van der Waals surface area (Å²) in [7, 11) is 1.49. The summed E-state index contributed by atoms with van der Waals surface area (Å²) in [5.74, 6) is -0.0371. The lowest BCUT2D eigenvalue weighted by atomic mass is 10.2. The van der Waals surface area contributed by atoms with E-state index in [2.05, 4.69) is 9.80 Å². The van der Waals surface area contributed by atoms with Crippen LogP contribution in [0, 0.1) is 5.82 Å². The predicted molar refractivity (Wildman–Crippen MR) is 81.3 cm³/mol. The quantitative estimate of drug-likeness (QED) is 0.808. The van der Waals surface area contributed by atoms with Gasteiger partial charge in [-0.05, 0) is 25.1 Å². The summed E-state index contributed by atoms with van der Waals surface area (Å²) in [5.41, 5.74) is 6.23. The van der Waals surface area contributed by atoms with Crippen molar-refractivity contribution < 1.29 is 14.2 Å². The van der Waals surface area contributed by atoms with Gasteiger partial charge in [0.1, 0.15) is 0 Å². The summed E-state index contributed by atoms with van der Waals surface area (Å²) in [6.07, 6.45) is 0.253. The van der Waals surface area contributed by atoms with E-state index in [1.807, 2.05) is 6.07 Å². The molecule has 0 unspecified atom stereocenters. The summed E-state index contributed by atoms with van der Waals surface area (Å²) >= 11 is 0. The lowest BCUT2D eigenvalue weighted by Crippen LogP contribution is -2.48. The summed E-state index contributed by atoms with van der Waals surface area (Å²) in [4.78, 5) is 4.33. The third-order valence-electron chi connectivity index (χ3n) is 3.83. The van der Waals surface area contributed by atoms with Gasteiger partial charge in [-0.15, -0.1) is 0 Å². The number of nitrogens with zero attached hydrogens (tertiary/aromatic N) is 2. The third-order valence-corrected chi connectivity index (χ3v) is 3.83. The first-order chi connectivity index (χ1) is 10.2. The van der Waals surface area contributed by atoms with E-state index in [1.54, 1.807) is 6.07 Å². The van der Waals surface area contributed by atoms with Gasteiger partial charge in [-0.25, -0.2) is 4.39 Å². The highest BCUT2D eigenvalue weighted by Gasteiger charge is 2.22. The summed E-state index contributed by atoms with van der Waals surface area (Å²) in [6, 6.07) is 4.98. The highest BCUT2D eigenvalue weighted by molar-refractivity contribution is 5.59. The highest BCUT2D eigenvalue weighted by atomic mass is 19.1. The molecule has 0 saturated carbocycles. The van der Waals surface area contributed by atoms with E-state index in [0.29, 0.717) is 25.3 Å². The second-order valence-corrected chi connectivity index (χ2v) is 5.31. The molecule has 1 atom stereocenters. The minimum atomic E-state index is -0.370. The van der Waals surface area contributed by atoms with Crippen molar-refractivity contribution in [1.82, 2.24) is 4.90 Å². The molecule has 1 aliphatic rings. The first-order valence-electron chi connectivity index (χ1n) is 7.33. The number of rotatable bonds is 6. The molecule has 21 heavy (non-hydrogen) atoms. The number of piperazine rings is 1. The first-order valence-corrected chi connectivity index (χ1v) is 7.33. The fraction of sp³-hybridized carbons (Fsp3) is 0.600. The van der Waals surface area contributed by atoms with Crippen molar-refractivity contribution in [3.63, 3.8) is 0 Å². The van der Waals surface area contributed by atoms with Gasteiger partial charge in [0.2, 0.25) is 0 Å². The Kier molecular flexibility index (Phi) is 5.78. The number of ether oxygens (including phenoxy) is 1. The van der Waals surface area contributed by atoms with E-state index in [9.17, 15) is 9.50 Å². The Bertz CT molecular complexity index is 451. The van der Waals surface area contributed by atoms with Gasteiger partial charge in [-0.1, -0.05) is 6.07 Å². The van der Waals surface area contributed by atoms with Crippen LogP contribution in [0.5, 0.6) is 5.75 Å². The molecular weight excluding hydrogens is 273 g/mol. The molecule has 0 amide bonds. The summed E-state index contributed by atoms with van der Waals surface area (Å²) < 4.78 is 18.9. The van der Waals surface area contributed by atoms with Gasteiger partial charge >= 0.3 is 0 Å². The van der Waals surface area contributed by atoms with E-state index in [-0.39, 0.29) is 11.9 Å². The Morgan fingerprint density at radius 1 is 1.33 bits per heavy atom. The molecule has 2 rings (SSSR count). The second kappa shape index (κ2) is 7.59. The maximum absolute atomic E-state index is 13.7. The largest absolute Gasteiger partial charge is 0.492 e. The molecule has 1 saturated heterocycles. The maximum atomic E-state index is 13.7. The van der Waals surface area contributed by atoms with Crippen molar-refractivity contribution in [3.05, 3.63) is 24.0 Å². The molecule has 0 aliphatic carbocycles. The Balaban J connectivity index is 1.94. The SMILES string of the molecule is COc1c(F)cccc1N1CCN(C[C@H](O)CCN)CC1. The van der Waals surface area contributed by atoms with Crippen molar-refractivity contribution in [2.45, 2.75) is 12.5 Å². The molecule has 1 heterocycles. The molecule has 0 bridgehead atoms. The van der Waals surface area contributed by atoms with Gasteiger partial charge in [-0.3, -0.25) is 4.90 Å². The molecule has 1 aromatic carbocycles. The van der Waals surface area contributed by atoms with E-state index in [1.165, 1.54) is 13.2 Å². The summed E-state index contributed by atoms with van der Waals surface area (Å²) in [6.45, 7) is 4.39. The number of halogens is 1. The lowest BCUT2D eigenvalue weighted by molar-refractivity contribution is 0.104. The number of hydrogen-bond acceptors (Lipinski definition) is 5. The van der Waals surface area contributed by atoms with Gasteiger partial charge in [-0.2, -0.15) is 0 Å². The average molecular weight is 297 g/mol. The molecule has 0 spiro atoms. The number of nitrogens with two attached hydrogens (primary N) is 1. The number of anilines is 1. The fourth-order valence-electron chi connectivity index (χ4n) is 2.70. The fourth-order valence-corrected chi connectivity index (χ4v) is 2.70. The van der Waals surface area contributed by atoms with Crippen LogP contribution in [-0.4, -0.2) is 62.5 Å². The standard InChI is InChI=1S/C15H24FN3O2/c1-21-15-13(16)3-2-4-14(15)19-9-7-18(8-10-19)11-12(20)5-6-17/h2-4,12,20H,5-11,17H2,1H3/t12-/m1/s1. The topological polar surface area (TPSA) is 62.0 Å². The van der Waals surface area contributed by atoms with Crippen LogP contribution in [0.2, 0.25) is 0 Å². The monoisotopic (exact) mass is 297 g/mol. The molecule has 3 N–H and O–H groups in total. The summed E-state index contributed by atoms with van der Waals surface area (Å²) in [5, 5.41) is 9.80. The molecule has 1 aliphatic heterocycles. The first kappa shape index (κ1) is 16.0. The molecular formula is C15H24FN3O2. The zero-order valence-corrected chi connectivity index (χ0v) is 12.5. The van der Waals surface area contributed by atoms with Crippen LogP contribution in [0.3, 0.4) is 0 Å². The van der Waals surface area contributed by atoms with Crippen LogP contribution in [0.25, 0.3) is 0 Å². The number of aliphatic hydroxyl groups is 1. The second-order valence-electron chi connectivity index (χ2n) is 5.31. The van der Waals surface area contributed by atoms with Crippen LogP contribution < -0.4 is 15.4 Å². The Hall–Kier alpha value is -1.37. The highest BCUT2D eigenvalue weighted by Crippen LogP contribution is 2.31. The number of para-hydroxylation sites is 1. The molecule has 6 heteroatoms. The smallest absolute Gasteiger partial charge is 0.177 e. The molecule has 5 nitrogen and oxygen atoms in total. The van der Waals surface area contributed by atoms with Crippen molar-refractivity contribution >= 4 is 5.69 Å². The van der Waals surface area contributed by atoms with Crippen LogP contribution in [-0.2, 0) is 0 Å². The van der Waals surface area contributed by atoms with Gasteiger partial charge in [0, 0.05) is 32.7 Å². The van der Waals surface area contributed by atoms with Gasteiger partial charge < -0.3 is 20.5 Å². The van der Waals surface area contributed by atoms with E-state index in [4.69, 9.17) is 10.5 Å². The average Bonchev–Trinajstić information content (AvgIpc) is 2.48. The van der Waals surface area contributed by atoms with Crippen molar-refractivity contribution in [2.24, 2.45) is 5.73 Å². The molecule has 0 aromatic heterocycles. The number of β-amino-alcohol motifs (C(OH)–C–C–N with tert-alkyl or cyclic N) is 1.